The first-order valence-electron chi connectivity index (χ1n) is 8.98. The normalized spacial score (nSPS) is 10.5. The van der Waals surface area contributed by atoms with Crippen molar-refractivity contribution in [2.24, 2.45) is 0 Å². The molecule has 4 nitrogen and oxygen atoms in total. The zero-order valence-corrected chi connectivity index (χ0v) is 16.0. The molecule has 0 aliphatic rings. The minimum absolute atomic E-state index is 0.265. The predicted octanol–water partition coefficient (Wildman–Crippen LogP) is 5.96. The molecule has 0 bridgehead atoms. The first kappa shape index (κ1) is 18.7. The Morgan fingerprint density at radius 2 is 1.45 bits per heavy atom. The van der Waals surface area contributed by atoms with Crippen molar-refractivity contribution >= 4 is 39.9 Å². The first-order chi connectivity index (χ1) is 14.1. The van der Waals surface area contributed by atoms with Crippen LogP contribution in [-0.4, -0.2) is 11.9 Å². The predicted molar refractivity (Wildman–Crippen MR) is 115 cm³/mol. The van der Waals surface area contributed by atoms with E-state index in [0.717, 1.165) is 10.8 Å². The van der Waals surface area contributed by atoms with Gasteiger partial charge in [-0.2, -0.15) is 0 Å². The summed E-state index contributed by atoms with van der Waals surface area (Å²) in [6, 6.07) is 26.4. The Hall–Kier alpha value is -3.63. The number of amides is 1. The molecular weight excluding hydrogens is 386 g/mol. The number of carbonyl (C=O) groups excluding carboxylic acids is 2. The molecule has 0 saturated heterocycles. The van der Waals surface area contributed by atoms with Gasteiger partial charge in [-0.15, -0.1) is 0 Å². The maximum absolute atomic E-state index is 12.9. The van der Waals surface area contributed by atoms with Crippen LogP contribution < -0.4 is 10.1 Å². The minimum atomic E-state index is -0.534. The number of halogens is 1. The maximum atomic E-state index is 12.9. The van der Waals surface area contributed by atoms with E-state index in [0.29, 0.717) is 21.8 Å². The minimum Gasteiger partial charge on any atom is -0.421 e. The Kier molecular flexibility index (Phi) is 5.27. The number of benzene rings is 4. The van der Waals surface area contributed by atoms with Crippen LogP contribution in [0.25, 0.3) is 10.8 Å². The van der Waals surface area contributed by atoms with Crippen LogP contribution in [0.2, 0.25) is 5.02 Å². The summed E-state index contributed by atoms with van der Waals surface area (Å²) in [4.78, 5) is 25.3. The number of para-hydroxylation sites is 2. The molecule has 4 aromatic rings. The Balaban J connectivity index is 1.59. The number of nitrogens with one attached hydrogen (secondary N) is 1. The lowest BCUT2D eigenvalue weighted by Gasteiger charge is -2.12. The molecule has 0 spiro atoms. The lowest BCUT2D eigenvalue weighted by Crippen LogP contribution is -2.15. The van der Waals surface area contributed by atoms with Crippen molar-refractivity contribution in [3.63, 3.8) is 0 Å². The van der Waals surface area contributed by atoms with Gasteiger partial charge in [0.2, 0.25) is 0 Å². The molecule has 0 heterocycles. The fourth-order valence-corrected chi connectivity index (χ4v) is 3.14. The van der Waals surface area contributed by atoms with Gasteiger partial charge in [0.05, 0.1) is 11.3 Å². The van der Waals surface area contributed by atoms with Gasteiger partial charge in [-0.3, -0.25) is 4.79 Å². The lowest BCUT2D eigenvalue weighted by atomic mass is 10.0. The number of anilines is 1. The Labute approximate surface area is 172 Å². The number of rotatable bonds is 4. The molecule has 0 saturated carbocycles. The van der Waals surface area contributed by atoms with Crippen LogP contribution in [0.4, 0.5) is 5.69 Å². The summed E-state index contributed by atoms with van der Waals surface area (Å²) in [6.07, 6.45) is 0. The van der Waals surface area contributed by atoms with E-state index in [1.54, 1.807) is 54.6 Å². The van der Waals surface area contributed by atoms with Gasteiger partial charge >= 0.3 is 5.97 Å². The summed E-state index contributed by atoms with van der Waals surface area (Å²) < 4.78 is 5.50. The van der Waals surface area contributed by atoms with E-state index in [1.165, 1.54) is 0 Å². The summed E-state index contributed by atoms with van der Waals surface area (Å²) in [5, 5.41) is 5.20. The van der Waals surface area contributed by atoms with E-state index in [1.807, 2.05) is 36.4 Å². The molecule has 142 valence electrons. The first-order valence-corrected chi connectivity index (χ1v) is 9.35. The monoisotopic (exact) mass is 401 g/mol. The highest BCUT2D eigenvalue weighted by atomic mass is 35.5. The third kappa shape index (κ3) is 4.13. The van der Waals surface area contributed by atoms with Gasteiger partial charge in [-0.25, -0.2) is 4.79 Å². The zero-order chi connectivity index (χ0) is 20.2. The summed E-state index contributed by atoms with van der Waals surface area (Å²) in [5.41, 5.74) is 1.32. The topological polar surface area (TPSA) is 55.4 Å². The highest BCUT2D eigenvalue weighted by molar-refractivity contribution is 6.30. The number of esters is 1. The molecule has 1 amide bonds. The summed E-state index contributed by atoms with van der Waals surface area (Å²) in [5.74, 6) is -0.550. The van der Waals surface area contributed by atoms with Crippen molar-refractivity contribution in [2.45, 2.75) is 0 Å². The quantitative estimate of drug-likeness (QED) is 0.339. The molecule has 0 unspecified atom stereocenters. The summed E-state index contributed by atoms with van der Waals surface area (Å²) in [7, 11) is 0. The van der Waals surface area contributed by atoms with E-state index < -0.39 is 5.97 Å². The van der Waals surface area contributed by atoms with Crippen molar-refractivity contribution in [3.05, 3.63) is 107 Å². The lowest BCUT2D eigenvalue weighted by molar-refractivity contribution is 0.0734. The Morgan fingerprint density at radius 3 is 2.28 bits per heavy atom. The van der Waals surface area contributed by atoms with Crippen molar-refractivity contribution in [2.75, 3.05) is 5.32 Å². The molecule has 0 fully saturated rings. The number of ether oxygens (including phenoxy) is 1. The average molecular weight is 402 g/mol. The molecule has 0 aliphatic carbocycles. The van der Waals surface area contributed by atoms with Crippen LogP contribution in [0, 0.1) is 0 Å². The van der Waals surface area contributed by atoms with Crippen LogP contribution in [-0.2, 0) is 0 Å². The van der Waals surface area contributed by atoms with Gasteiger partial charge in [0.15, 0.2) is 5.75 Å². The maximum Gasteiger partial charge on any atom is 0.343 e. The molecule has 29 heavy (non-hydrogen) atoms. The standard InChI is InChI=1S/C24H16ClNO3/c25-18-14-12-17(13-15-18)24(28)29-22-11-4-3-10-21(22)26-23(27)20-9-5-7-16-6-1-2-8-19(16)20/h1-15H,(H,26,27). The van der Waals surface area contributed by atoms with Gasteiger partial charge in [0, 0.05) is 10.6 Å². The van der Waals surface area contributed by atoms with Crippen LogP contribution in [0.3, 0.4) is 0 Å². The molecule has 4 aromatic carbocycles. The molecule has 5 heteroatoms. The number of hydrogen-bond acceptors (Lipinski definition) is 3. The van der Waals surface area contributed by atoms with Crippen LogP contribution in [0.1, 0.15) is 20.7 Å². The third-order valence-electron chi connectivity index (χ3n) is 4.45. The van der Waals surface area contributed by atoms with E-state index in [9.17, 15) is 9.59 Å². The fourth-order valence-electron chi connectivity index (χ4n) is 3.02. The highest BCUT2D eigenvalue weighted by Crippen LogP contribution is 2.27. The molecule has 0 atom stereocenters. The van der Waals surface area contributed by atoms with Crippen molar-refractivity contribution in [3.8, 4) is 5.75 Å². The van der Waals surface area contributed by atoms with Gasteiger partial charge in [0.1, 0.15) is 0 Å². The van der Waals surface area contributed by atoms with Crippen molar-refractivity contribution < 1.29 is 14.3 Å². The summed E-state index contributed by atoms with van der Waals surface area (Å²) in [6.45, 7) is 0. The summed E-state index contributed by atoms with van der Waals surface area (Å²) >= 11 is 5.86. The van der Waals surface area contributed by atoms with Gasteiger partial charge in [-0.05, 0) is 53.2 Å². The molecule has 0 radical (unpaired) electrons. The van der Waals surface area contributed by atoms with Crippen LogP contribution in [0.15, 0.2) is 91.0 Å². The van der Waals surface area contributed by atoms with Crippen molar-refractivity contribution in [1.82, 2.24) is 0 Å². The second-order valence-electron chi connectivity index (χ2n) is 6.37. The second kappa shape index (κ2) is 8.17. The number of carbonyl (C=O) groups is 2. The van der Waals surface area contributed by atoms with E-state index in [-0.39, 0.29) is 11.7 Å². The Bertz CT molecular complexity index is 1200. The van der Waals surface area contributed by atoms with Crippen molar-refractivity contribution in [1.29, 1.82) is 0 Å². The van der Waals surface area contributed by atoms with Gasteiger partial charge in [0.25, 0.3) is 5.91 Å². The fraction of sp³-hybridized carbons (Fsp3) is 0. The SMILES string of the molecule is O=C(Oc1ccccc1NC(=O)c1cccc2ccccc12)c1ccc(Cl)cc1. The molecule has 0 aromatic heterocycles. The molecule has 0 aliphatic heterocycles. The number of fused-ring (bicyclic) bond motifs is 1. The average Bonchev–Trinajstić information content (AvgIpc) is 2.75. The molecule has 1 N–H and O–H groups in total. The smallest absolute Gasteiger partial charge is 0.343 e. The van der Waals surface area contributed by atoms with Gasteiger partial charge < -0.3 is 10.1 Å². The molecular formula is C24H16ClNO3. The van der Waals surface area contributed by atoms with E-state index >= 15 is 0 Å². The molecule has 4 rings (SSSR count). The largest absolute Gasteiger partial charge is 0.421 e. The van der Waals surface area contributed by atoms with Gasteiger partial charge in [-0.1, -0.05) is 60.1 Å². The van der Waals surface area contributed by atoms with Crippen LogP contribution in [0.5, 0.6) is 5.75 Å². The van der Waals surface area contributed by atoms with Crippen LogP contribution >= 0.6 is 11.6 Å². The van der Waals surface area contributed by atoms with E-state index in [2.05, 4.69) is 5.32 Å². The Morgan fingerprint density at radius 1 is 0.759 bits per heavy atom. The van der Waals surface area contributed by atoms with E-state index in [4.69, 9.17) is 16.3 Å². The zero-order valence-electron chi connectivity index (χ0n) is 15.3. The second-order valence-corrected chi connectivity index (χ2v) is 6.81. The third-order valence-corrected chi connectivity index (χ3v) is 4.70. The number of hydrogen-bond donors (Lipinski definition) is 1. The highest BCUT2D eigenvalue weighted by Gasteiger charge is 2.15.